The maximum atomic E-state index is 3.48. The summed E-state index contributed by atoms with van der Waals surface area (Å²) in [5.74, 6) is 0.746. The lowest BCUT2D eigenvalue weighted by atomic mass is 9.99. The molecule has 0 radical (unpaired) electrons. The molecule has 0 spiro atoms. The first-order valence-corrected chi connectivity index (χ1v) is 6.51. The fourth-order valence-electron chi connectivity index (χ4n) is 1.79. The summed E-state index contributed by atoms with van der Waals surface area (Å²) in [5, 5.41) is 3.40. The normalized spacial score (nSPS) is 23.0. The van der Waals surface area contributed by atoms with Crippen LogP contribution in [0, 0.1) is 5.92 Å². The number of nitrogens with one attached hydrogen (secondary N) is 1. The Balaban J connectivity index is 2.09. The molecule has 0 aliphatic carbocycles. The van der Waals surface area contributed by atoms with Crippen molar-refractivity contribution < 1.29 is 0 Å². The molecule has 0 aromatic carbocycles. The first-order valence-electron chi connectivity index (χ1n) is 4.90. The van der Waals surface area contributed by atoms with Crippen molar-refractivity contribution in [2.75, 3.05) is 13.1 Å². The molecule has 1 aromatic rings. The maximum Gasteiger partial charge on any atom is 0.0704 e. The number of thiophene rings is 1. The molecule has 1 atom stereocenters. The van der Waals surface area contributed by atoms with Crippen molar-refractivity contribution in [2.24, 2.45) is 5.92 Å². The van der Waals surface area contributed by atoms with Crippen LogP contribution in [0.25, 0.3) is 6.08 Å². The van der Waals surface area contributed by atoms with Gasteiger partial charge in [-0.25, -0.2) is 0 Å². The summed E-state index contributed by atoms with van der Waals surface area (Å²) in [6.45, 7) is 4.56. The van der Waals surface area contributed by atoms with Crippen molar-refractivity contribution >= 4 is 33.3 Å². The molecule has 1 N–H and O–H groups in total. The third-order valence-electron chi connectivity index (χ3n) is 2.67. The molecule has 2 rings (SSSR count). The van der Waals surface area contributed by atoms with Crippen LogP contribution in [0.3, 0.4) is 0 Å². The smallest absolute Gasteiger partial charge is 0.0704 e. The fraction of sp³-hybridized carbons (Fsp3) is 0.455. The summed E-state index contributed by atoms with van der Waals surface area (Å²) >= 11 is 5.28. The van der Waals surface area contributed by atoms with Gasteiger partial charge in [-0.3, -0.25) is 0 Å². The third kappa shape index (κ3) is 2.47. The van der Waals surface area contributed by atoms with Crippen LogP contribution in [-0.2, 0) is 0 Å². The minimum atomic E-state index is 0.746. The minimum absolute atomic E-state index is 0.746. The van der Waals surface area contributed by atoms with E-state index >= 15 is 0 Å². The zero-order chi connectivity index (χ0) is 9.97. The van der Waals surface area contributed by atoms with Crippen LogP contribution in [0.2, 0.25) is 0 Å². The standard InChI is InChI=1S/C11H14BrNS/c1-8(9-4-5-13-7-9)6-10-2-3-11(12)14-10/h2-3,6,9,13H,4-5,7H2,1H3/b8-6-. The van der Waals surface area contributed by atoms with E-state index in [0.717, 1.165) is 12.5 Å². The minimum Gasteiger partial charge on any atom is -0.316 e. The van der Waals surface area contributed by atoms with Crippen LogP contribution in [0.1, 0.15) is 18.2 Å². The van der Waals surface area contributed by atoms with E-state index in [1.165, 1.54) is 27.2 Å². The fourth-order valence-corrected chi connectivity index (χ4v) is 3.23. The van der Waals surface area contributed by atoms with E-state index in [0.29, 0.717) is 0 Å². The van der Waals surface area contributed by atoms with Crippen LogP contribution in [-0.4, -0.2) is 13.1 Å². The van der Waals surface area contributed by atoms with Gasteiger partial charge in [0.1, 0.15) is 0 Å². The van der Waals surface area contributed by atoms with Gasteiger partial charge in [0.2, 0.25) is 0 Å². The highest BCUT2D eigenvalue weighted by molar-refractivity contribution is 9.11. The average molecular weight is 272 g/mol. The zero-order valence-corrected chi connectivity index (χ0v) is 10.6. The third-order valence-corrected chi connectivity index (χ3v) is 4.24. The summed E-state index contributed by atoms with van der Waals surface area (Å²) in [7, 11) is 0. The number of hydrogen-bond donors (Lipinski definition) is 1. The molecule has 0 saturated carbocycles. The molecule has 3 heteroatoms. The predicted molar refractivity (Wildman–Crippen MR) is 66.6 cm³/mol. The molecule has 1 aromatic heterocycles. The molecule has 1 nitrogen and oxygen atoms in total. The SMILES string of the molecule is C/C(=C/c1ccc(Br)s1)C1CCNC1. The summed E-state index contributed by atoms with van der Waals surface area (Å²) in [6.07, 6.45) is 3.60. The zero-order valence-electron chi connectivity index (χ0n) is 8.22. The molecule has 14 heavy (non-hydrogen) atoms. The van der Waals surface area contributed by atoms with Gasteiger partial charge in [0.15, 0.2) is 0 Å². The highest BCUT2D eigenvalue weighted by Gasteiger charge is 2.15. The summed E-state index contributed by atoms with van der Waals surface area (Å²) in [5.41, 5.74) is 1.50. The predicted octanol–water partition coefficient (Wildman–Crippen LogP) is 3.52. The van der Waals surface area contributed by atoms with Gasteiger partial charge in [-0.15, -0.1) is 11.3 Å². The molecule has 76 valence electrons. The lowest BCUT2D eigenvalue weighted by Gasteiger charge is -2.07. The molecule has 0 amide bonds. The monoisotopic (exact) mass is 271 g/mol. The lowest BCUT2D eigenvalue weighted by molar-refractivity contribution is 0.687. The van der Waals surface area contributed by atoms with Gasteiger partial charge in [0, 0.05) is 11.4 Å². The Kier molecular flexibility index (Phi) is 3.42. The summed E-state index contributed by atoms with van der Waals surface area (Å²) in [4.78, 5) is 1.35. The molecule has 1 aliphatic heterocycles. The second kappa shape index (κ2) is 4.60. The Morgan fingerprint density at radius 3 is 3.07 bits per heavy atom. The van der Waals surface area contributed by atoms with Gasteiger partial charge >= 0.3 is 0 Å². The van der Waals surface area contributed by atoms with Gasteiger partial charge in [0.05, 0.1) is 3.79 Å². The van der Waals surface area contributed by atoms with E-state index < -0.39 is 0 Å². The van der Waals surface area contributed by atoms with Gasteiger partial charge < -0.3 is 5.32 Å². The van der Waals surface area contributed by atoms with Crippen LogP contribution in [0.4, 0.5) is 0 Å². The van der Waals surface area contributed by atoms with Gasteiger partial charge in [-0.05, 0) is 59.9 Å². The van der Waals surface area contributed by atoms with E-state index in [9.17, 15) is 0 Å². The Hall–Kier alpha value is -0.120. The first-order chi connectivity index (χ1) is 6.75. The molecule has 1 unspecified atom stereocenters. The Morgan fingerprint density at radius 1 is 1.64 bits per heavy atom. The van der Waals surface area contributed by atoms with Crippen molar-refractivity contribution in [1.82, 2.24) is 5.32 Å². The summed E-state index contributed by atoms with van der Waals surface area (Å²) < 4.78 is 1.21. The van der Waals surface area contributed by atoms with Gasteiger partial charge in [-0.2, -0.15) is 0 Å². The Labute approximate surface area is 97.3 Å². The highest BCUT2D eigenvalue weighted by Crippen LogP contribution is 2.26. The Morgan fingerprint density at radius 2 is 2.50 bits per heavy atom. The van der Waals surface area contributed by atoms with Crippen LogP contribution >= 0.6 is 27.3 Å². The molecule has 1 fully saturated rings. The quantitative estimate of drug-likeness (QED) is 0.868. The van der Waals surface area contributed by atoms with E-state index in [1.54, 1.807) is 11.3 Å². The topological polar surface area (TPSA) is 12.0 Å². The van der Waals surface area contributed by atoms with Crippen molar-refractivity contribution in [1.29, 1.82) is 0 Å². The van der Waals surface area contributed by atoms with Crippen molar-refractivity contribution in [3.8, 4) is 0 Å². The van der Waals surface area contributed by atoms with Crippen LogP contribution < -0.4 is 5.32 Å². The van der Waals surface area contributed by atoms with Gasteiger partial charge in [-0.1, -0.05) is 5.57 Å². The number of hydrogen-bond acceptors (Lipinski definition) is 2. The van der Waals surface area contributed by atoms with E-state index in [-0.39, 0.29) is 0 Å². The lowest BCUT2D eigenvalue weighted by Crippen LogP contribution is -2.09. The van der Waals surface area contributed by atoms with Crippen LogP contribution in [0.5, 0.6) is 0 Å². The largest absolute Gasteiger partial charge is 0.316 e. The summed E-state index contributed by atoms with van der Waals surface area (Å²) in [6, 6.07) is 4.28. The molecular weight excluding hydrogens is 258 g/mol. The number of halogens is 1. The number of rotatable bonds is 2. The van der Waals surface area contributed by atoms with Crippen molar-refractivity contribution in [2.45, 2.75) is 13.3 Å². The second-order valence-electron chi connectivity index (χ2n) is 3.72. The molecule has 1 aliphatic rings. The average Bonchev–Trinajstić information content (AvgIpc) is 2.75. The van der Waals surface area contributed by atoms with Crippen LogP contribution in [0.15, 0.2) is 21.5 Å². The highest BCUT2D eigenvalue weighted by atomic mass is 79.9. The van der Waals surface area contributed by atoms with Gasteiger partial charge in [0.25, 0.3) is 0 Å². The molecular formula is C11H14BrNS. The van der Waals surface area contributed by atoms with E-state index in [2.05, 4.69) is 46.4 Å². The second-order valence-corrected chi connectivity index (χ2v) is 6.21. The molecule has 1 saturated heterocycles. The van der Waals surface area contributed by atoms with Crippen molar-refractivity contribution in [3.63, 3.8) is 0 Å². The maximum absolute atomic E-state index is 3.48. The first kappa shape index (κ1) is 10.4. The van der Waals surface area contributed by atoms with Crippen molar-refractivity contribution in [3.05, 3.63) is 26.4 Å². The molecule has 0 bridgehead atoms. The van der Waals surface area contributed by atoms with E-state index in [4.69, 9.17) is 0 Å². The Bertz CT molecular complexity index is 337. The molecule has 2 heterocycles. The van der Waals surface area contributed by atoms with E-state index in [1.807, 2.05) is 0 Å².